The molecule has 1 heterocycles. The molecule has 12 nitrogen and oxygen atoms in total. The number of halogens is 3. The Labute approximate surface area is 253 Å². The molecule has 2 rings (SSSR count). The molecule has 1 aromatic rings. The van der Waals surface area contributed by atoms with E-state index in [0.717, 1.165) is 0 Å². The number of hydrogen-bond donors (Lipinski definition) is 2. The molecule has 1 saturated heterocycles. The zero-order chi connectivity index (χ0) is 28.0. The maximum Gasteiger partial charge on any atom is 0.303 e. The lowest BCUT2D eigenvalue weighted by Crippen LogP contribution is -2.47. The van der Waals surface area contributed by atoms with Gasteiger partial charge in [0.15, 0.2) is 6.10 Å². The standard InChI is InChI=1S/C22H24I3N3O9/c1-9(29)35-7-12(8-36-10(2)30)27-21(33)15-16(23)14(20(26)32)17(24)19(18(15)25)28-6-4-5-13(22(28)34)37-11(3)31/h12-13H,4-8H2,1-3H3,(H2,26,32)(H,27,33). The number of nitrogens with two attached hydrogens (primary N) is 1. The van der Waals surface area contributed by atoms with Crippen molar-refractivity contribution in [1.82, 2.24) is 5.32 Å². The fourth-order valence-electron chi connectivity index (χ4n) is 3.50. The van der Waals surface area contributed by atoms with Crippen molar-refractivity contribution in [1.29, 1.82) is 0 Å². The molecule has 202 valence electrons. The van der Waals surface area contributed by atoms with Crippen molar-refractivity contribution in [2.75, 3.05) is 24.7 Å². The fraction of sp³-hybridized carbons (Fsp3) is 0.455. The SMILES string of the molecule is CC(=O)OCC(COC(C)=O)NC(=O)c1c(I)c(C(N)=O)c(I)c(N2CCCC(OC(C)=O)C2=O)c1I. The van der Waals surface area contributed by atoms with Crippen LogP contribution in [0.15, 0.2) is 0 Å². The molecular weight excluding hydrogens is 831 g/mol. The molecule has 0 radical (unpaired) electrons. The molecule has 0 spiro atoms. The Kier molecular flexibility index (Phi) is 11.8. The van der Waals surface area contributed by atoms with Crippen LogP contribution in [-0.2, 0) is 33.4 Å². The minimum atomic E-state index is -0.997. The van der Waals surface area contributed by atoms with E-state index in [1.54, 1.807) is 0 Å². The summed E-state index contributed by atoms with van der Waals surface area (Å²) in [5, 5.41) is 2.66. The molecule has 1 aromatic carbocycles. The summed E-state index contributed by atoms with van der Waals surface area (Å²) in [5.74, 6) is -3.74. The maximum atomic E-state index is 13.5. The van der Waals surface area contributed by atoms with Crippen LogP contribution in [0.2, 0.25) is 0 Å². The quantitative estimate of drug-likeness (QED) is 0.214. The highest BCUT2D eigenvalue weighted by Gasteiger charge is 2.37. The van der Waals surface area contributed by atoms with Crippen molar-refractivity contribution >= 4 is 109 Å². The van der Waals surface area contributed by atoms with Crippen LogP contribution >= 0.6 is 67.8 Å². The molecule has 3 N–H and O–H groups in total. The van der Waals surface area contributed by atoms with Crippen molar-refractivity contribution < 1.29 is 43.0 Å². The number of carbonyl (C=O) groups excluding carboxylic acids is 6. The smallest absolute Gasteiger partial charge is 0.303 e. The molecule has 0 bridgehead atoms. The summed E-state index contributed by atoms with van der Waals surface area (Å²) in [6.07, 6.45) is -0.137. The second-order valence-electron chi connectivity index (χ2n) is 7.91. The lowest BCUT2D eigenvalue weighted by Gasteiger charge is -2.34. The monoisotopic (exact) mass is 855 g/mol. The van der Waals surface area contributed by atoms with Gasteiger partial charge in [-0.1, -0.05) is 0 Å². The zero-order valence-corrected chi connectivity index (χ0v) is 26.5. The van der Waals surface area contributed by atoms with Gasteiger partial charge in [0, 0.05) is 30.9 Å². The lowest BCUT2D eigenvalue weighted by molar-refractivity contribution is -0.154. The molecule has 1 unspecified atom stereocenters. The van der Waals surface area contributed by atoms with Crippen molar-refractivity contribution in [3.05, 3.63) is 21.8 Å². The van der Waals surface area contributed by atoms with Crippen LogP contribution in [0.3, 0.4) is 0 Å². The van der Waals surface area contributed by atoms with E-state index in [9.17, 15) is 28.8 Å². The average Bonchev–Trinajstić information content (AvgIpc) is 2.77. The van der Waals surface area contributed by atoms with Gasteiger partial charge < -0.3 is 30.2 Å². The number of carbonyl (C=O) groups is 6. The van der Waals surface area contributed by atoms with E-state index in [4.69, 9.17) is 19.9 Å². The lowest BCUT2D eigenvalue weighted by atomic mass is 10.0. The average molecular weight is 855 g/mol. The van der Waals surface area contributed by atoms with Gasteiger partial charge in [-0.15, -0.1) is 0 Å². The zero-order valence-electron chi connectivity index (χ0n) is 20.0. The minimum Gasteiger partial charge on any atom is -0.464 e. The summed E-state index contributed by atoms with van der Waals surface area (Å²) in [4.78, 5) is 74.5. The normalized spacial score (nSPS) is 15.3. The predicted octanol–water partition coefficient (Wildman–Crippen LogP) is 1.88. The summed E-state index contributed by atoms with van der Waals surface area (Å²) in [6.45, 7) is 3.33. The summed E-state index contributed by atoms with van der Waals surface area (Å²) in [5.41, 5.74) is 6.05. The number of primary amides is 1. The number of ether oxygens (including phenoxy) is 3. The molecule has 0 aliphatic carbocycles. The van der Waals surface area contributed by atoms with E-state index < -0.39 is 47.8 Å². The molecule has 3 amide bonds. The van der Waals surface area contributed by atoms with Crippen molar-refractivity contribution in [3.63, 3.8) is 0 Å². The second-order valence-corrected chi connectivity index (χ2v) is 11.1. The number of amides is 3. The molecule has 1 aliphatic heterocycles. The molecule has 0 aromatic heterocycles. The van der Waals surface area contributed by atoms with E-state index in [0.29, 0.717) is 25.7 Å². The molecule has 1 aliphatic rings. The van der Waals surface area contributed by atoms with E-state index in [-0.39, 0.29) is 34.5 Å². The number of nitrogens with zero attached hydrogens (tertiary/aromatic N) is 1. The molecule has 15 heteroatoms. The highest BCUT2D eigenvalue weighted by Crippen LogP contribution is 2.39. The Morgan fingerprint density at radius 1 is 0.946 bits per heavy atom. The third-order valence-corrected chi connectivity index (χ3v) is 8.22. The number of esters is 3. The molecule has 0 saturated carbocycles. The van der Waals surface area contributed by atoms with Crippen LogP contribution in [0.25, 0.3) is 0 Å². The van der Waals surface area contributed by atoms with Crippen LogP contribution in [-0.4, -0.2) is 67.5 Å². The van der Waals surface area contributed by atoms with Crippen LogP contribution in [0.5, 0.6) is 0 Å². The van der Waals surface area contributed by atoms with Gasteiger partial charge in [0.1, 0.15) is 13.2 Å². The van der Waals surface area contributed by atoms with E-state index in [1.165, 1.54) is 25.7 Å². The largest absolute Gasteiger partial charge is 0.464 e. The Bertz CT molecular complexity index is 1120. The second kappa shape index (κ2) is 13.9. The van der Waals surface area contributed by atoms with E-state index in [2.05, 4.69) is 5.32 Å². The van der Waals surface area contributed by atoms with Gasteiger partial charge in [-0.25, -0.2) is 0 Å². The topological polar surface area (TPSA) is 171 Å². The first-order valence-corrected chi connectivity index (χ1v) is 14.1. The minimum absolute atomic E-state index is 0.0423. The predicted molar refractivity (Wildman–Crippen MR) is 155 cm³/mol. The number of hydrogen-bond acceptors (Lipinski definition) is 9. The van der Waals surface area contributed by atoms with Crippen molar-refractivity contribution in [3.8, 4) is 0 Å². The van der Waals surface area contributed by atoms with Crippen LogP contribution < -0.4 is 16.0 Å². The van der Waals surface area contributed by atoms with Gasteiger partial charge >= 0.3 is 17.9 Å². The summed E-state index contributed by atoms with van der Waals surface area (Å²) in [7, 11) is 0. The van der Waals surface area contributed by atoms with Gasteiger partial charge in [-0.3, -0.25) is 28.8 Å². The highest BCUT2D eigenvalue weighted by molar-refractivity contribution is 14.1. The van der Waals surface area contributed by atoms with Crippen LogP contribution in [0.4, 0.5) is 5.69 Å². The molecular formula is C22H24I3N3O9. The highest BCUT2D eigenvalue weighted by atomic mass is 127. The number of anilines is 1. The summed E-state index contributed by atoms with van der Waals surface area (Å²) in [6, 6.07) is -0.892. The Morgan fingerprint density at radius 2 is 1.49 bits per heavy atom. The summed E-state index contributed by atoms with van der Waals surface area (Å²) >= 11 is 5.64. The van der Waals surface area contributed by atoms with E-state index in [1.807, 2.05) is 67.8 Å². The molecule has 37 heavy (non-hydrogen) atoms. The Hall–Kier alpha value is -1.77. The third-order valence-electron chi connectivity index (χ3n) is 5.05. The first-order chi connectivity index (χ1) is 17.3. The fourth-order valence-corrected chi connectivity index (χ4v) is 8.27. The van der Waals surface area contributed by atoms with Gasteiger partial charge in [-0.2, -0.15) is 0 Å². The maximum absolute atomic E-state index is 13.5. The van der Waals surface area contributed by atoms with Crippen LogP contribution in [0, 0.1) is 10.7 Å². The molecule has 1 atom stereocenters. The first kappa shape index (κ1) is 31.4. The number of nitrogens with one attached hydrogen (secondary N) is 1. The molecule has 1 fully saturated rings. The van der Waals surface area contributed by atoms with E-state index >= 15 is 0 Å². The number of piperidine rings is 1. The number of rotatable bonds is 9. The Morgan fingerprint density at radius 3 is 1.97 bits per heavy atom. The van der Waals surface area contributed by atoms with Gasteiger partial charge in [0.2, 0.25) is 0 Å². The number of benzene rings is 1. The third kappa shape index (κ3) is 8.11. The summed E-state index contributed by atoms with van der Waals surface area (Å²) < 4.78 is 16.1. The van der Waals surface area contributed by atoms with Crippen molar-refractivity contribution in [2.24, 2.45) is 5.73 Å². The van der Waals surface area contributed by atoms with Gasteiger partial charge in [-0.05, 0) is 80.6 Å². The van der Waals surface area contributed by atoms with Gasteiger partial charge in [0.05, 0.1) is 30.0 Å². The Balaban J connectivity index is 2.57. The van der Waals surface area contributed by atoms with Crippen LogP contribution in [0.1, 0.15) is 54.3 Å². The first-order valence-electron chi connectivity index (χ1n) is 10.8. The van der Waals surface area contributed by atoms with Crippen molar-refractivity contribution in [2.45, 2.75) is 45.8 Å². The van der Waals surface area contributed by atoms with Gasteiger partial charge in [0.25, 0.3) is 17.7 Å².